The Morgan fingerprint density at radius 1 is 1.22 bits per heavy atom. The first-order valence-electron chi connectivity index (χ1n) is 10.0. The highest BCUT2D eigenvalue weighted by molar-refractivity contribution is 8.00. The minimum absolute atomic E-state index is 0.0335. The van der Waals surface area contributed by atoms with Crippen LogP contribution in [0.5, 0.6) is 0 Å². The summed E-state index contributed by atoms with van der Waals surface area (Å²) in [6.45, 7) is 0. The number of hydrogen-bond donors (Lipinski definition) is 3. The molecule has 4 N–H and O–H groups in total. The summed E-state index contributed by atoms with van der Waals surface area (Å²) < 4.78 is 5.20. The SMILES string of the molecule is NC1CCC(=O)C(C2=C(C(=O)O)N3C(=O)[C@@H](NC(=O)Cc4ccccc4)[C@H]3SC2)OC1=O. The number of ketones is 1. The molecule has 3 aliphatic rings. The first-order chi connectivity index (χ1) is 15.3. The molecule has 4 atom stereocenters. The number of cyclic esters (lactones) is 1. The monoisotopic (exact) mass is 459 g/mol. The van der Waals surface area contributed by atoms with E-state index in [2.05, 4.69) is 5.32 Å². The van der Waals surface area contributed by atoms with Crippen molar-refractivity contribution in [2.24, 2.45) is 5.73 Å². The highest BCUT2D eigenvalue weighted by Gasteiger charge is 2.55. The molecule has 3 heterocycles. The Morgan fingerprint density at radius 2 is 1.94 bits per heavy atom. The van der Waals surface area contributed by atoms with Crippen LogP contribution in [0.2, 0.25) is 0 Å². The third kappa shape index (κ3) is 4.00. The second kappa shape index (κ2) is 8.75. The van der Waals surface area contributed by atoms with E-state index in [-0.39, 0.29) is 42.2 Å². The number of β-lactam (4-membered cyclic amide) rings is 1. The molecule has 4 rings (SSSR count). The van der Waals surface area contributed by atoms with Gasteiger partial charge >= 0.3 is 11.9 Å². The van der Waals surface area contributed by atoms with E-state index in [4.69, 9.17) is 10.5 Å². The van der Waals surface area contributed by atoms with Crippen molar-refractivity contribution in [1.82, 2.24) is 10.2 Å². The number of carbonyl (C=O) groups excluding carboxylic acids is 4. The largest absolute Gasteiger partial charge is 0.477 e. The van der Waals surface area contributed by atoms with E-state index in [0.29, 0.717) is 0 Å². The molecule has 0 aromatic heterocycles. The molecule has 2 unspecified atom stereocenters. The van der Waals surface area contributed by atoms with Crippen molar-refractivity contribution >= 4 is 41.3 Å². The summed E-state index contributed by atoms with van der Waals surface area (Å²) in [5.41, 5.74) is 6.11. The molecule has 0 bridgehead atoms. The molecule has 0 radical (unpaired) electrons. The topological polar surface area (TPSA) is 156 Å². The van der Waals surface area contributed by atoms with Gasteiger partial charge in [-0.3, -0.25) is 24.1 Å². The summed E-state index contributed by atoms with van der Waals surface area (Å²) in [6.07, 6.45) is -1.23. The van der Waals surface area contributed by atoms with E-state index in [1.165, 1.54) is 11.8 Å². The molecule has 11 heteroatoms. The maximum atomic E-state index is 12.8. The number of nitrogens with one attached hydrogen (secondary N) is 1. The van der Waals surface area contributed by atoms with Crippen LogP contribution in [-0.4, -0.2) is 68.9 Å². The van der Waals surface area contributed by atoms with E-state index in [1.54, 1.807) is 24.3 Å². The van der Waals surface area contributed by atoms with E-state index >= 15 is 0 Å². The number of carbonyl (C=O) groups is 5. The number of fused-ring (bicyclic) bond motifs is 1. The third-order valence-corrected chi connectivity index (χ3v) is 6.87. The molecule has 1 aromatic carbocycles. The number of ether oxygens (including phenoxy) is 1. The Balaban J connectivity index is 1.53. The van der Waals surface area contributed by atoms with E-state index < -0.39 is 47.2 Å². The normalized spacial score (nSPS) is 27.8. The molecular weight excluding hydrogens is 438 g/mol. The van der Waals surface area contributed by atoms with Gasteiger partial charge in [0.1, 0.15) is 23.2 Å². The number of carboxylic acids is 1. The number of rotatable bonds is 5. The first kappa shape index (κ1) is 22.0. The summed E-state index contributed by atoms with van der Waals surface area (Å²) in [6, 6.07) is 7.17. The van der Waals surface area contributed by atoms with Gasteiger partial charge in [0.05, 0.1) is 6.42 Å². The van der Waals surface area contributed by atoms with Crippen LogP contribution in [0.25, 0.3) is 0 Å². The molecule has 168 valence electrons. The van der Waals surface area contributed by atoms with E-state index in [0.717, 1.165) is 10.5 Å². The average molecular weight is 459 g/mol. The van der Waals surface area contributed by atoms with Crippen LogP contribution in [0.1, 0.15) is 18.4 Å². The van der Waals surface area contributed by atoms with Crippen LogP contribution in [0.15, 0.2) is 41.6 Å². The lowest BCUT2D eigenvalue weighted by Crippen LogP contribution is -2.71. The summed E-state index contributed by atoms with van der Waals surface area (Å²) in [5, 5.41) is 11.8. The van der Waals surface area contributed by atoms with Crippen molar-refractivity contribution in [3.05, 3.63) is 47.2 Å². The van der Waals surface area contributed by atoms with Crippen molar-refractivity contribution in [2.45, 2.75) is 42.8 Å². The summed E-state index contributed by atoms with van der Waals surface area (Å²) in [7, 11) is 0. The van der Waals surface area contributed by atoms with Crippen LogP contribution in [0.3, 0.4) is 0 Å². The Hall–Kier alpha value is -3.18. The van der Waals surface area contributed by atoms with Gasteiger partial charge in [-0.25, -0.2) is 4.79 Å². The summed E-state index contributed by atoms with van der Waals surface area (Å²) in [4.78, 5) is 62.8. The second-order valence-electron chi connectivity index (χ2n) is 7.72. The fourth-order valence-corrected chi connectivity index (χ4v) is 5.30. The molecule has 10 nitrogen and oxygen atoms in total. The Bertz CT molecular complexity index is 1030. The van der Waals surface area contributed by atoms with Gasteiger partial charge in [0.2, 0.25) is 5.91 Å². The van der Waals surface area contributed by atoms with Crippen molar-refractivity contribution in [3.8, 4) is 0 Å². The fraction of sp³-hybridized carbons (Fsp3) is 0.381. The smallest absolute Gasteiger partial charge is 0.352 e. The maximum Gasteiger partial charge on any atom is 0.352 e. The van der Waals surface area contributed by atoms with Crippen molar-refractivity contribution in [1.29, 1.82) is 0 Å². The average Bonchev–Trinajstić information content (AvgIpc) is 2.90. The zero-order valence-corrected chi connectivity index (χ0v) is 17.7. The lowest BCUT2D eigenvalue weighted by Gasteiger charge is -2.49. The lowest BCUT2D eigenvalue weighted by molar-refractivity contribution is -0.153. The molecule has 3 aliphatic heterocycles. The number of nitrogens with zero attached hydrogens (tertiary/aromatic N) is 1. The zero-order valence-electron chi connectivity index (χ0n) is 16.9. The quantitative estimate of drug-likeness (QED) is 0.393. The maximum absolute atomic E-state index is 12.8. The highest BCUT2D eigenvalue weighted by atomic mass is 32.2. The second-order valence-corrected chi connectivity index (χ2v) is 8.83. The van der Waals surface area contributed by atoms with Crippen LogP contribution < -0.4 is 11.1 Å². The van der Waals surface area contributed by atoms with Crippen molar-refractivity contribution < 1.29 is 33.8 Å². The van der Waals surface area contributed by atoms with Gasteiger partial charge in [0, 0.05) is 17.7 Å². The molecular formula is C21H21N3O7S. The number of esters is 1. The van der Waals surface area contributed by atoms with E-state index in [1.807, 2.05) is 6.07 Å². The molecule has 0 spiro atoms. The molecule has 1 aromatic rings. The number of aliphatic carboxylic acids is 1. The minimum atomic E-state index is -1.41. The number of hydrogen-bond acceptors (Lipinski definition) is 8. The van der Waals surface area contributed by atoms with Gasteiger partial charge < -0.3 is 20.9 Å². The predicted molar refractivity (Wildman–Crippen MR) is 112 cm³/mol. The van der Waals surface area contributed by atoms with Crippen LogP contribution in [0, 0.1) is 0 Å². The number of benzene rings is 1. The van der Waals surface area contributed by atoms with Crippen molar-refractivity contribution in [2.75, 3.05) is 5.75 Å². The van der Waals surface area contributed by atoms with Crippen LogP contribution in [0.4, 0.5) is 0 Å². The van der Waals surface area contributed by atoms with Gasteiger partial charge in [-0.05, 0) is 12.0 Å². The fourth-order valence-electron chi connectivity index (χ4n) is 3.93. The standard InChI is InChI=1S/C21H21N3O7S/c22-12-6-7-13(25)17(31-21(12)30)11-9-32-19-15(18(27)24(19)16(11)20(28)29)23-14(26)8-10-4-2-1-3-5-10/h1-5,12,15,17,19H,6-9,22H2,(H,23,26)(H,28,29)/t12?,15-,17?,19-/m1/s1. The summed E-state index contributed by atoms with van der Waals surface area (Å²) in [5.74, 6) is -3.55. The molecule has 0 aliphatic carbocycles. The Labute approximate surface area is 187 Å². The van der Waals surface area contributed by atoms with Gasteiger partial charge in [0.15, 0.2) is 11.9 Å². The highest BCUT2D eigenvalue weighted by Crippen LogP contribution is 2.42. The van der Waals surface area contributed by atoms with Gasteiger partial charge in [0.25, 0.3) is 5.91 Å². The van der Waals surface area contributed by atoms with Gasteiger partial charge in [-0.15, -0.1) is 11.8 Å². The molecule has 0 saturated carbocycles. The minimum Gasteiger partial charge on any atom is -0.477 e. The molecule has 32 heavy (non-hydrogen) atoms. The molecule has 2 fully saturated rings. The predicted octanol–water partition coefficient (Wildman–Crippen LogP) is -0.430. The van der Waals surface area contributed by atoms with Crippen molar-refractivity contribution in [3.63, 3.8) is 0 Å². The Morgan fingerprint density at radius 3 is 2.62 bits per heavy atom. The van der Waals surface area contributed by atoms with E-state index in [9.17, 15) is 29.1 Å². The summed E-state index contributed by atoms with van der Waals surface area (Å²) >= 11 is 1.20. The van der Waals surface area contributed by atoms with Crippen LogP contribution >= 0.6 is 11.8 Å². The van der Waals surface area contributed by atoms with Crippen LogP contribution in [-0.2, 0) is 35.1 Å². The first-order valence-corrected chi connectivity index (χ1v) is 11.1. The Kier molecular flexibility index (Phi) is 6.02. The number of Topliss-reactive ketones (excluding diaryl/α,β-unsaturated/α-hetero) is 1. The zero-order chi connectivity index (χ0) is 23.0. The number of thioether (sulfide) groups is 1. The number of carboxylic acid groups (broad SMARTS) is 1. The van der Waals surface area contributed by atoms with Gasteiger partial charge in [-0.1, -0.05) is 30.3 Å². The molecule has 2 amide bonds. The molecule has 2 saturated heterocycles. The lowest BCUT2D eigenvalue weighted by atomic mass is 9.97. The van der Waals surface area contributed by atoms with Gasteiger partial charge in [-0.2, -0.15) is 0 Å². The number of amides is 2. The number of nitrogens with two attached hydrogens (primary N) is 1. The third-order valence-electron chi connectivity index (χ3n) is 5.57.